The van der Waals surface area contributed by atoms with Crippen LogP contribution < -0.4 is 5.32 Å². The average molecular weight is 274 g/mol. The zero-order valence-corrected chi connectivity index (χ0v) is 12.1. The second-order valence-corrected chi connectivity index (χ2v) is 5.93. The quantitative estimate of drug-likeness (QED) is 0.713. The van der Waals surface area contributed by atoms with E-state index >= 15 is 0 Å². The molecule has 2 heterocycles. The molecular weight excluding hydrogens is 256 g/mol. The Hall–Kier alpha value is -2.35. The molecule has 0 saturated heterocycles. The molecule has 2 heteroatoms. The number of pyridine rings is 1. The normalized spacial score (nSPS) is 20.8. The molecule has 21 heavy (non-hydrogen) atoms. The van der Waals surface area contributed by atoms with Gasteiger partial charge in [0.05, 0.1) is 5.52 Å². The first-order valence-electron chi connectivity index (χ1n) is 7.47. The van der Waals surface area contributed by atoms with E-state index in [0.29, 0.717) is 0 Å². The van der Waals surface area contributed by atoms with Crippen molar-refractivity contribution >= 4 is 16.6 Å². The summed E-state index contributed by atoms with van der Waals surface area (Å²) in [7, 11) is 0. The highest BCUT2D eigenvalue weighted by molar-refractivity contribution is 5.94. The van der Waals surface area contributed by atoms with Crippen LogP contribution in [-0.4, -0.2) is 11.5 Å². The van der Waals surface area contributed by atoms with E-state index < -0.39 is 0 Å². The molecule has 3 aromatic rings. The minimum atomic E-state index is 0.0614. The number of rotatable bonds is 1. The minimum Gasteiger partial charge on any atom is -0.384 e. The number of fused-ring (bicyclic) bond motifs is 3. The molecule has 0 bridgehead atoms. The third kappa shape index (κ3) is 1.83. The fraction of sp³-hybridized carbons (Fsp3) is 0.211. The highest BCUT2D eigenvalue weighted by atomic mass is 14.9. The second kappa shape index (κ2) is 4.59. The molecule has 0 fully saturated rings. The lowest BCUT2D eigenvalue weighted by molar-refractivity contribution is 0.523. The summed E-state index contributed by atoms with van der Waals surface area (Å²) in [5.74, 6) is 0. The number of hydrogen-bond donors (Lipinski definition) is 1. The molecule has 0 saturated carbocycles. The monoisotopic (exact) mass is 274 g/mol. The van der Waals surface area contributed by atoms with Crippen molar-refractivity contribution in [3.63, 3.8) is 0 Å². The molecule has 104 valence electrons. The van der Waals surface area contributed by atoms with E-state index in [1.165, 1.54) is 22.2 Å². The third-order valence-corrected chi connectivity index (χ3v) is 4.72. The Labute approximate surface area is 124 Å². The van der Waals surface area contributed by atoms with Crippen LogP contribution in [0.3, 0.4) is 0 Å². The maximum absolute atomic E-state index is 4.47. The van der Waals surface area contributed by atoms with Crippen LogP contribution in [0, 0.1) is 0 Å². The first kappa shape index (κ1) is 12.4. The summed E-state index contributed by atoms with van der Waals surface area (Å²) in [4.78, 5) is 4.47. The molecule has 1 aliphatic heterocycles. The first-order chi connectivity index (χ1) is 10.3. The van der Waals surface area contributed by atoms with Gasteiger partial charge in [0.1, 0.15) is 0 Å². The summed E-state index contributed by atoms with van der Waals surface area (Å²) in [5, 5.41) is 4.81. The number of nitrogens with one attached hydrogen (secondary N) is 1. The number of hydrogen-bond acceptors (Lipinski definition) is 2. The lowest BCUT2D eigenvalue weighted by Gasteiger charge is -2.37. The van der Waals surface area contributed by atoms with Gasteiger partial charge in [-0.25, -0.2) is 0 Å². The molecule has 2 aromatic carbocycles. The van der Waals surface area contributed by atoms with E-state index in [4.69, 9.17) is 0 Å². The van der Waals surface area contributed by atoms with Crippen molar-refractivity contribution in [1.29, 1.82) is 0 Å². The van der Waals surface area contributed by atoms with Gasteiger partial charge in [-0.1, -0.05) is 43.3 Å². The summed E-state index contributed by atoms with van der Waals surface area (Å²) in [6, 6.07) is 19.4. The number of benzene rings is 2. The van der Waals surface area contributed by atoms with Crippen LogP contribution in [0.1, 0.15) is 24.5 Å². The fourth-order valence-corrected chi connectivity index (χ4v) is 3.48. The molecule has 1 N–H and O–H groups in total. The predicted molar refractivity (Wildman–Crippen MR) is 87.7 cm³/mol. The van der Waals surface area contributed by atoms with E-state index in [0.717, 1.165) is 18.5 Å². The van der Waals surface area contributed by atoms with Crippen molar-refractivity contribution in [3.05, 3.63) is 71.9 Å². The van der Waals surface area contributed by atoms with Crippen LogP contribution in [0.15, 0.2) is 60.8 Å². The van der Waals surface area contributed by atoms with Crippen LogP contribution in [0.4, 0.5) is 5.69 Å². The van der Waals surface area contributed by atoms with Gasteiger partial charge in [-0.3, -0.25) is 4.98 Å². The van der Waals surface area contributed by atoms with Crippen LogP contribution in [-0.2, 0) is 5.41 Å². The van der Waals surface area contributed by atoms with E-state index in [9.17, 15) is 0 Å². The molecule has 0 radical (unpaired) electrons. The van der Waals surface area contributed by atoms with Crippen LogP contribution in [0.2, 0.25) is 0 Å². The van der Waals surface area contributed by atoms with Gasteiger partial charge < -0.3 is 5.32 Å². The van der Waals surface area contributed by atoms with Gasteiger partial charge in [0, 0.05) is 29.2 Å². The van der Waals surface area contributed by atoms with Crippen molar-refractivity contribution in [2.75, 3.05) is 11.9 Å². The summed E-state index contributed by atoms with van der Waals surface area (Å²) >= 11 is 0. The topological polar surface area (TPSA) is 24.9 Å². The van der Waals surface area contributed by atoms with Gasteiger partial charge in [0.15, 0.2) is 0 Å². The molecule has 1 aliphatic rings. The molecule has 1 atom stereocenters. The summed E-state index contributed by atoms with van der Waals surface area (Å²) in [6.45, 7) is 3.34. The summed E-state index contributed by atoms with van der Waals surface area (Å²) < 4.78 is 0. The lowest BCUT2D eigenvalue weighted by atomic mass is 9.71. The Kier molecular flexibility index (Phi) is 2.71. The van der Waals surface area contributed by atoms with Crippen molar-refractivity contribution in [3.8, 4) is 0 Å². The maximum Gasteiger partial charge on any atom is 0.0722 e. The van der Waals surface area contributed by atoms with Crippen LogP contribution in [0.5, 0.6) is 0 Å². The number of nitrogens with zero attached hydrogens (tertiary/aromatic N) is 1. The Morgan fingerprint density at radius 1 is 1.00 bits per heavy atom. The zero-order chi connectivity index (χ0) is 14.3. The number of anilines is 1. The van der Waals surface area contributed by atoms with Gasteiger partial charge in [0.2, 0.25) is 0 Å². The van der Waals surface area contributed by atoms with E-state index in [2.05, 4.69) is 65.8 Å². The average Bonchev–Trinajstić information content (AvgIpc) is 2.56. The van der Waals surface area contributed by atoms with Crippen molar-refractivity contribution in [1.82, 2.24) is 4.98 Å². The van der Waals surface area contributed by atoms with Crippen molar-refractivity contribution in [2.24, 2.45) is 0 Å². The fourth-order valence-electron chi connectivity index (χ4n) is 3.48. The summed E-state index contributed by atoms with van der Waals surface area (Å²) in [5.41, 5.74) is 5.13. The second-order valence-electron chi connectivity index (χ2n) is 5.93. The minimum absolute atomic E-state index is 0.0614. The maximum atomic E-state index is 4.47. The number of aromatic nitrogens is 1. The SMILES string of the molecule is CC1(c2ccccc2)CCNc2c1ccc1ncccc21. The molecular formula is C19H18N2. The van der Waals surface area contributed by atoms with Crippen molar-refractivity contribution < 1.29 is 0 Å². The molecule has 0 spiro atoms. The standard InChI is InChI=1S/C19H18N2/c1-19(14-6-3-2-4-7-14)11-13-21-18-15-8-5-12-20-17(15)10-9-16(18)19/h2-10,12,21H,11,13H2,1H3. The Balaban J connectivity index is 1.99. The van der Waals surface area contributed by atoms with Crippen LogP contribution in [0.25, 0.3) is 10.9 Å². The third-order valence-electron chi connectivity index (χ3n) is 4.72. The smallest absolute Gasteiger partial charge is 0.0722 e. The van der Waals surface area contributed by atoms with Gasteiger partial charge >= 0.3 is 0 Å². The first-order valence-corrected chi connectivity index (χ1v) is 7.47. The van der Waals surface area contributed by atoms with Gasteiger partial charge in [0.25, 0.3) is 0 Å². The Morgan fingerprint density at radius 2 is 1.86 bits per heavy atom. The molecule has 2 nitrogen and oxygen atoms in total. The lowest BCUT2D eigenvalue weighted by Crippen LogP contribution is -2.32. The highest BCUT2D eigenvalue weighted by Gasteiger charge is 2.34. The Bertz CT molecular complexity index is 795. The zero-order valence-electron chi connectivity index (χ0n) is 12.1. The van der Waals surface area contributed by atoms with E-state index in [1.807, 2.05) is 12.3 Å². The molecule has 1 aromatic heterocycles. The van der Waals surface area contributed by atoms with Gasteiger partial charge in [-0.2, -0.15) is 0 Å². The van der Waals surface area contributed by atoms with E-state index in [1.54, 1.807) is 0 Å². The van der Waals surface area contributed by atoms with E-state index in [-0.39, 0.29) is 5.41 Å². The summed E-state index contributed by atoms with van der Waals surface area (Å²) in [6.07, 6.45) is 2.96. The molecule has 1 unspecified atom stereocenters. The molecule has 0 aliphatic carbocycles. The molecule has 0 amide bonds. The predicted octanol–water partition coefficient (Wildman–Crippen LogP) is 4.36. The Morgan fingerprint density at radius 3 is 2.71 bits per heavy atom. The van der Waals surface area contributed by atoms with Gasteiger partial charge in [-0.05, 0) is 35.7 Å². The highest BCUT2D eigenvalue weighted by Crippen LogP contribution is 2.44. The largest absolute Gasteiger partial charge is 0.384 e. The van der Waals surface area contributed by atoms with Gasteiger partial charge in [-0.15, -0.1) is 0 Å². The molecule has 4 rings (SSSR count). The van der Waals surface area contributed by atoms with Crippen molar-refractivity contribution in [2.45, 2.75) is 18.8 Å². The van der Waals surface area contributed by atoms with Crippen LogP contribution >= 0.6 is 0 Å².